The third-order valence-corrected chi connectivity index (χ3v) is 3.41. The molecule has 10 heteroatoms. The van der Waals surface area contributed by atoms with Crippen LogP contribution in [0.25, 0.3) is 0 Å². The number of nitrogens with zero attached hydrogens (tertiary/aromatic N) is 1. The van der Waals surface area contributed by atoms with Crippen molar-refractivity contribution < 1.29 is 37.0 Å². The molecule has 0 aliphatic rings. The second-order valence-electron chi connectivity index (χ2n) is 5.17. The number of carbonyl (C=O) groups is 3. The van der Waals surface area contributed by atoms with Crippen molar-refractivity contribution in [3.8, 4) is 0 Å². The molecule has 1 aromatic heterocycles. The summed E-state index contributed by atoms with van der Waals surface area (Å²) in [5.41, 5.74) is 0.0224. The van der Waals surface area contributed by atoms with Gasteiger partial charge in [0, 0.05) is 14.2 Å². The van der Waals surface area contributed by atoms with E-state index in [4.69, 9.17) is 9.47 Å². The van der Waals surface area contributed by atoms with Crippen molar-refractivity contribution in [3.63, 3.8) is 0 Å². The highest BCUT2D eigenvalue weighted by Gasteiger charge is 2.38. The zero-order valence-electron chi connectivity index (χ0n) is 14.2. The maximum absolute atomic E-state index is 12.5. The van der Waals surface area contributed by atoms with Gasteiger partial charge in [-0.25, -0.2) is 4.79 Å². The molecule has 0 saturated carbocycles. The predicted molar refractivity (Wildman–Crippen MR) is 80.1 cm³/mol. The van der Waals surface area contributed by atoms with Crippen LogP contribution in [0.2, 0.25) is 0 Å². The van der Waals surface area contributed by atoms with Crippen LogP contribution >= 0.6 is 0 Å². The number of aromatic nitrogens is 1. The van der Waals surface area contributed by atoms with Crippen LogP contribution < -0.4 is 5.32 Å². The fraction of sp³-hybridized carbons (Fsp3) is 0.533. The van der Waals surface area contributed by atoms with Gasteiger partial charge in [-0.3, -0.25) is 9.59 Å². The van der Waals surface area contributed by atoms with Crippen LogP contribution in [-0.2, 0) is 27.9 Å². The number of ether oxygens (including phenoxy) is 2. The van der Waals surface area contributed by atoms with E-state index >= 15 is 0 Å². The number of rotatable bonds is 7. The molecule has 1 N–H and O–H groups in total. The third-order valence-electron chi connectivity index (χ3n) is 3.41. The molecule has 1 rings (SSSR count). The Morgan fingerprint density at radius 1 is 1.32 bits per heavy atom. The van der Waals surface area contributed by atoms with Crippen molar-refractivity contribution >= 4 is 17.7 Å². The minimum atomic E-state index is -4.68. The van der Waals surface area contributed by atoms with Crippen LogP contribution in [0.5, 0.6) is 0 Å². The molecule has 0 aliphatic heterocycles. The van der Waals surface area contributed by atoms with Crippen LogP contribution in [0.4, 0.5) is 13.2 Å². The summed E-state index contributed by atoms with van der Waals surface area (Å²) in [5, 5.41) is 1.59. The topological polar surface area (TPSA) is 86.6 Å². The number of alkyl halides is 3. The molecule has 0 radical (unpaired) electrons. The standard InChI is InChI=1S/C15H19F3N2O5/c1-5-25-14(23)9-6-10(20(3)11(9)7-24-4)12(21)13(22)19-8(2)15(16,17)18/h6,8H,5,7H2,1-4H3,(H,19,22)/t8-/m0/s1. The largest absolute Gasteiger partial charge is 0.462 e. The summed E-state index contributed by atoms with van der Waals surface area (Å²) in [7, 11) is 2.76. The predicted octanol–water partition coefficient (Wildman–Crippen LogP) is 1.60. The highest BCUT2D eigenvalue weighted by molar-refractivity contribution is 6.42. The van der Waals surface area contributed by atoms with E-state index < -0.39 is 29.9 Å². The first-order valence-electron chi connectivity index (χ1n) is 7.31. The van der Waals surface area contributed by atoms with Crippen LogP contribution in [0.3, 0.4) is 0 Å². The fourth-order valence-corrected chi connectivity index (χ4v) is 2.02. The quantitative estimate of drug-likeness (QED) is 0.451. The van der Waals surface area contributed by atoms with Crippen LogP contribution in [0, 0.1) is 0 Å². The van der Waals surface area contributed by atoms with E-state index in [0.717, 1.165) is 13.0 Å². The Kier molecular flexibility index (Phi) is 6.74. The summed E-state index contributed by atoms with van der Waals surface area (Å²) in [4.78, 5) is 35.9. The van der Waals surface area contributed by atoms with E-state index in [1.165, 1.54) is 18.7 Å². The van der Waals surface area contributed by atoms with E-state index in [0.29, 0.717) is 0 Å². The summed E-state index contributed by atoms with van der Waals surface area (Å²) < 4.78 is 48.5. The van der Waals surface area contributed by atoms with Gasteiger partial charge in [-0.05, 0) is 19.9 Å². The van der Waals surface area contributed by atoms with Gasteiger partial charge >= 0.3 is 12.1 Å². The van der Waals surface area contributed by atoms with Gasteiger partial charge in [-0.15, -0.1) is 0 Å². The minimum Gasteiger partial charge on any atom is -0.462 e. The van der Waals surface area contributed by atoms with Crippen LogP contribution in [0.15, 0.2) is 6.07 Å². The highest BCUT2D eigenvalue weighted by Crippen LogP contribution is 2.21. The number of ketones is 1. The second kappa shape index (κ2) is 8.15. The van der Waals surface area contributed by atoms with E-state index in [2.05, 4.69) is 0 Å². The zero-order valence-corrected chi connectivity index (χ0v) is 14.2. The van der Waals surface area contributed by atoms with Gasteiger partial charge in [-0.2, -0.15) is 13.2 Å². The molecular weight excluding hydrogens is 345 g/mol. The molecule has 0 aromatic carbocycles. The summed E-state index contributed by atoms with van der Waals surface area (Å²) >= 11 is 0. The molecule has 1 atom stereocenters. The third kappa shape index (κ3) is 4.81. The molecule has 1 heterocycles. The van der Waals surface area contributed by atoms with Crippen molar-refractivity contribution in [2.45, 2.75) is 32.7 Å². The van der Waals surface area contributed by atoms with Crippen LogP contribution in [0.1, 0.15) is 40.4 Å². The SMILES string of the molecule is CCOC(=O)c1cc(C(=O)C(=O)N[C@@H](C)C(F)(F)F)n(C)c1COC. The van der Waals surface area contributed by atoms with Crippen molar-refractivity contribution in [1.82, 2.24) is 9.88 Å². The van der Waals surface area contributed by atoms with Crippen molar-refractivity contribution in [3.05, 3.63) is 23.0 Å². The van der Waals surface area contributed by atoms with Gasteiger partial charge in [0.15, 0.2) is 0 Å². The van der Waals surface area contributed by atoms with E-state index in [1.807, 2.05) is 0 Å². The van der Waals surface area contributed by atoms with Gasteiger partial charge < -0.3 is 19.4 Å². The highest BCUT2D eigenvalue weighted by atomic mass is 19.4. The van der Waals surface area contributed by atoms with Gasteiger partial charge in [0.25, 0.3) is 11.7 Å². The number of amides is 1. The Balaban J connectivity index is 3.15. The monoisotopic (exact) mass is 364 g/mol. The summed E-state index contributed by atoms with van der Waals surface area (Å²) in [5.74, 6) is -3.36. The molecule has 1 aromatic rings. The number of Topliss-reactive ketones (excluding diaryl/α,β-unsaturated/α-hetero) is 1. The first kappa shape index (κ1) is 20.7. The van der Waals surface area contributed by atoms with Crippen molar-refractivity contribution in [1.29, 1.82) is 0 Å². The number of esters is 1. The number of hydrogen-bond acceptors (Lipinski definition) is 5. The Bertz CT molecular complexity index is 667. The van der Waals surface area contributed by atoms with Crippen molar-refractivity contribution in [2.75, 3.05) is 13.7 Å². The van der Waals surface area contributed by atoms with Crippen LogP contribution in [-0.4, -0.2) is 48.2 Å². The maximum atomic E-state index is 12.5. The number of nitrogens with one attached hydrogen (secondary N) is 1. The van der Waals surface area contributed by atoms with E-state index in [9.17, 15) is 27.6 Å². The van der Waals surface area contributed by atoms with Crippen molar-refractivity contribution in [2.24, 2.45) is 7.05 Å². The molecule has 0 aliphatic carbocycles. The molecular formula is C15H19F3N2O5. The lowest BCUT2D eigenvalue weighted by atomic mass is 10.2. The van der Waals surface area contributed by atoms with E-state index in [1.54, 1.807) is 12.2 Å². The van der Waals surface area contributed by atoms with Gasteiger partial charge in [0.05, 0.1) is 30.2 Å². The molecule has 1 amide bonds. The van der Waals surface area contributed by atoms with Gasteiger partial charge in [0.1, 0.15) is 6.04 Å². The lowest BCUT2D eigenvalue weighted by Crippen LogP contribution is -2.46. The fourth-order valence-electron chi connectivity index (χ4n) is 2.02. The smallest absolute Gasteiger partial charge is 0.408 e. The molecule has 0 fully saturated rings. The van der Waals surface area contributed by atoms with Gasteiger partial charge in [0.2, 0.25) is 0 Å². The molecule has 0 saturated heterocycles. The molecule has 0 bridgehead atoms. The number of carbonyl (C=O) groups excluding carboxylic acids is 3. The lowest BCUT2D eigenvalue weighted by molar-refractivity contribution is -0.156. The minimum absolute atomic E-state index is 0.00576. The average molecular weight is 364 g/mol. The van der Waals surface area contributed by atoms with Gasteiger partial charge in [-0.1, -0.05) is 0 Å². The zero-order chi connectivity index (χ0) is 19.4. The molecule has 0 unspecified atom stereocenters. The normalized spacial score (nSPS) is 12.6. The molecule has 25 heavy (non-hydrogen) atoms. The summed E-state index contributed by atoms with van der Waals surface area (Å²) in [6.07, 6.45) is -4.68. The Morgan fingerprint density at radius 3 is 2.40 bits per heavy atom. The maximum Gasteiger partial charge on any atom is 0.408 e. The average Bonchev–Trinajstić information content (AvgIpc) is 2.83. The van der Waals surface area contributed by atoms with E-state index in [-0.39, 0.29) is 30.2 Å². The second-order valence-corrected chi connectivity index (χ2v) is 5.17. The molecule has 7 nitrogen and oxygen atoms in total. The number of hydrogen-bond donors (Lipinski definition) is 1. The summed E-state index contributed by atoms with van der Waals surface area (Å²) in [6.45, 7) is 2.34. The Labute approximate surface area is 142 Å². The first-order valence-corrected chi connectivity index (χ1v) is 7.31. The Hall–Kier alpha value is -2.36. The number of halogens is 3. The first-order chi connectivity index (χ1) is 11.5. The number of methoxy groups -OCH3 is 1. The Morgan fingerprint density at radius 2 is 1.92 bits per heavy atom. The lowest BCUT2D eigenvalue weighted by Gasteiger charge is -2.16. The summed E-state index contributed by atoms with van der Waals surface area (Å²) in [6, 6.07) is -1.08. The molecule has 140 valence electrons. The molecule has 0 spiro atoms.